The largest absolute Gasteiger partial charge is 0.444 e. The molecule has 0 radical (unpaired) electrons. The fourth-order valence-electron chi connectivity index (χ4n) is 5.33. The van der Waals surface area contributed by atoms with Crippen LogP contribution < -0.4 is 0 Å². The maximum absolute atomic E-state index is 13.0. The third kappa shape index (κ3) is 10.7. The van der Waals surface area contributed by atoms with Crippen LogP contribution in [0.1, 0.15) is 130 Å². The second-order valence-electron chi connectivity index (χ2n) is 13.4. The Bertz CT molecular complexity index is 1040. The number of aromatic nitrogens is 2. The SMILES string of the molecule is CC(C)(C)CCCCCCCCCCCOCn1c([C@@H]2CCCN2C(=O)OC(C)(C)C)nc2ccc(Br)cc21. The first kappa shape index (κ1) is 31.9. The molecular formula is C32H52BrN3O3. The molecule has 220 valence electrons. The van der Waals surface area contributed by atoms with Gasteiger partial charge in [-0.2, -0.15) is 0 Å². The number of unbranched alkanes of at least 4 members (excludes halogenated alkanes) is 8. The van der Waals surface area contributed by atoms with E-state index in [1.54, 1.807) is 0 Å². The van der Waals surface area contributed by atoms with Crippen LogP contribution in [0.4, 0.5) is 4.79 Å². The van der Waals surface area contributed by atoms with Crippen LogP contribution in [0.25, 0.3) is 11.0 Å². The lowest BCUT2D eigenvalue weighted by molar-refractivity contribution is 0.0203. The molecule has 1 atom stereocenters. The van der Waals surface area contributed by atoms with E-state index in [1.807, 2.05) is 37.8 Å². The van der Waals surface area contributed by atoms with Gasteiger partial charge in [-0.1, -0.05) is 88.1 Å². The molecule has 3 rings (SSSR count). The lowest BCUT2D eigenvalue weighted by Crippen LogP contribution is -2.37. The minimum Gasteiger partial charge on any atom is -0.444 e. The molecule has 7 heteroatoms. The van der Waals surface area contributed by atoms with Gasteiger partial charge in [0.2, 0.25) is 0 Å². The van der Waals surface area contributed by atoms with Crippen LogP contribution in [0, 0.1) is 5.41 Å². The van der Waals surface area contributed by atoms with Crippen molar-refractivity contribution in [3.05, 3.63) is 28.5 Å². The normalized spacial score (nSPS) is 16.4. The van der Waals surface area contributed by atoms with Crippen molar-refractivity contribution in [2.45, 2.75) is 137 Å². The monoisotopic (exact) mass is 605 g/mol. The van der Waals surface area contributed by atoms with Gasteiger partial charge in [-0.25, -0.2) is 9.78 Å². The summed E-state index contributed by atoms with van der Waals surface area (Å²) in [5, 5.41) is 0. The smallest absolute Gasteiger partial charge is 0.410 e. The Morgan fingerprint density at radius 2 is 1.62 bits per heavy atom. The average molecular weight is 607 g/mol. The maximum atomic E-state index is 13.0. The molecule has 2 heterocycles. The van der Waals surface area contributed by atoms with E-state index in [0.717, 1.165) is 47.2 Å². The first-order valence-electron chi connectivity index (χ1n) is 15.2. The Kier molecular flexibility index (Phi) is 12.2. The van der Waals surface area contributed by atoms with Crippen molar-refractivity contribution in [1.82, 2.24) is 14.5 Å². The number of benzene rings is 1. The van der Waals surface area contributed by atoms with Crippen LogP contribution in [0.2, 0.25) is 0 Å². The molecule has 1 aliphatic rings. The van der Waals surface area contributed by atoms with Crippen LogP contribution in [-0.4, -0.2) is 39.3 Å². The molecule has 1 amide bonds. The number of rotatable bonds is 14. The van der Waals surface area contributed by atoms with Gasteiger partial charge < -0.3 is 14.0 Å². The van der Waals surface area contributed by atoms with Crippen LogP contribution in [0.5, 0.6) is 0 Å². The molecule has 39 heavy (non-hydrogen) atoms. The number of hydrogen-bond donors (Lipinski definition) is 0. The predicted octanol–water partition coefficient (Wildman–Crippen LogP) is 9.79. The lowest BCUT2D eigenvalue weighted by atomic mass is 9.89. The first-order valence-corrected chi connectivity index (χ1v) is 16.0. The first-order chi connectivity index (χ1) is 18.4. The van der Waals surface area contributed by atoms with Crippen molar-refractivity contribution in [3.8, 4) is 0 Å². The van der Waals surface area contributed by atoms with Gasteiger partial charge in [0.15, 0.2) is 0 Å². The summed E-state index contributed by atoms with van der Waals surface area (Å²) in [7, 11) is 0. The topological polar surface area (TPSA) is 56.6 Å². The third-order valence-electron chi connectivity index (χ3n) is 7.35. The molecule has 1 aliphatic heterocycles. The fourth-order valence-corrected chi connectivity index (χ4v) is 5.68. The van der Waals surface area contributed by atoms with E-state index in [4.69, 9.17) is 14.5 Å². The molecule has 0 spiro atoms. The minimum atomic E-state index is -0.523. The molecule has 1 fully saturated rings. The molecular weight excluding hydrogens is 554 g/mol. The van der Waals surface area contributed by atoms with Crippen LogP contribution >= 0.6 is 15.9 Å². The number of fused-ring (bicyclic) bond motifs is 1. The third-order valence-corrected chi connectivity index (χ3v) is 7.85. The molecule has 0 unspecified atom stereocenters. The summed E-state index contributed by atoms with van der Waals surface area (Å²) in [6, 6.07) is 6.02. The zero-order valence-corrected chi connectivity index (χ0v) is 26.9. The number of amides is 1. The van der Waals surface area contributed by atoms with Gasteiger partial charge in [0, 0.05) is 17.6 Å². The standard InChI is InChI=1S/C32H52BrN3O3/c1-31(2,3)20-14-12-10-8-7-9-11-13-15-22-38-24-36-28-23-25(33)18-19-26(28)34-29(36)27-17-16-21-35(27)30(37)39-32(4,5)6/h18-19,23,27H,7-17,20-22,24H2,1-6H3/t27-/m0/s1. The van der Waals surface area contributed by atoms with Crippen molar-refractivity contribution in [2.24, 2.45) is 5.41 Å². The molecule has 1 aromatic carbocycles. The number of ether oxygens (including phenoxy) is 2. The summed E-state index contributed by atoms with van der Waals surface area (Å²) in [4.78, 5) is 19.8. The van der Waals surface area contributed by atoms with E-state index in [2.05, 4.69) is 47.3 Å². The summed E-state index contributed by atoms with van der Waals surface area (Å²) < 4.78 is 15.0. The highest BCUT2D eigenvalue weighted by molar-refractivity contribution is 9.10. The number of likely N-dealkylation sites (tertiary alicyclic amines) is 1. The molecule has 1 saturated heterocycles. The van der Waals surface area contributed by atoms with Crippen LogP contribution in [0.3, 0.4) is 0 Å². The predicted molar refractivity (Wildman–Crippen MR) is 164 cm³/mol. The quantitative estimate of drug-likeness (QED) is 0.201. The van der Waals surface area contributed by atoms with E-state index in [1.165, 1.54) is 57.8 Å². The Balaban J connectivity index is 1.46. The average Bonchev–Trinajstić information content (AvgIpc) is 3.45. The molecule has 1 aromatic heterocycles. The van der Waals surface area contributed by atoms with Gasteiger partial charge in [0.05, 0.1) is 17.1 Å². The number of halogens is 1. The highest BCUT2D eigenvalue weighted by Crippen LogP contribution is 2.35. The Labute approximate surface area is 245 Å². The summed E-state index contributed by atoms with van der Waals surface area (Å²) in [6.45, 7) is 14.6. The number of hydrogen-bond acceptors (Lipinski definition) is 4. The number of nitrogens with zero attached hydrogens (tertiary/aromatic N) is 3. The molecule has 0 aliphatic carbocycles. The van der Waals surface area contributed by atoms with Crippen molar-refractivity contribution in [2.75, 3.05) is 13.2 Å². The van der Waals surface area contributed by atoms with E-state index >= 15 is 0 Å². The summed E-state index contributed by atoms with van der Waals surface area (Å²) >= 11 is 3.61. The maximum Gasteiger partial charge on any atom is 0.410 e. The minimum absolute atomic E-state index is 0.108. The molecule has 0 saturated carbocycles. The van der Waals surface area contributed by atoms with Gasteiger partial charge in [0.25, 0.3) is 0 Å². The zero-order chi connectivity index (χ0) is 28.5. The lowest BCUT2D eigenvalue weighted by Gasteiger charge is -2.28. The van der Waals surface area contributed by atoms with Crippen LogP contribution in [-0.2, 0) is 16.2 Å². The van der Waals surface area contributed by atoms with Crippen molar-refractivity contribution < 1.29 is 14.3 Å². The van der Waals surface area contributed by atoms with Crippen molar-refractivity contribution in [3.63, 3.8) is 0 Å². The van der Waals surface area contributed by atoms with Gasteiger partial charge >= 0.3 is 6.09 Å². The highest BCUT2D eigenvalue weighted by Gasteiger charge is 2.36. The number of carbonyl (C=O) groups excluding carboxylic acids is 1. The van der Waals surface area contributed by atoms with Gasteiger partial charge in [-0.3, -0.25) is 4.90 Å². The van der Waals surface area contributed by atoms with Crippen molar-refractivity contribution in [1.29, 1.82) is 0 Å². The van der Waals surface area contributed by atoms with Gasteiger partial charge in [-0.05, 0) is 70.1 Å². The second kappa shape index (κ2) is 14.9. The Morgan fingerprint density at radius 1 is 0.974 bits per heavy atom. The summed E-state index contributed by atoms with van der Waals surface area (Å²) in [5.41, 5.74) is 1.90. The fraction of sp³-hybridized carbons (Fsp3) is 0.750. The molecule has 0 bridgehead atoms. The number of carbonyl (C=O) groups is 1. The van der Waals surface area contributed by atoms with E-state index in [0.29, 0.717) is 18.7 Å². The van der Waals surface area contributed by atoms with Gasteiger partial charge in [0.1, 0.15) is 18.2 Å². The van der Waals surface area contributed by atoms with Gasteiger partial charge in [-0.15, -0.1) is 0 Å². The Hall–Kier alpha value is -1.60. The van der Waals surface area contributed by atoms with E-state index in [-0.39, 0.29) is 12.1 Å². The summed E-state index contributed by atoms with van der Waals surface area (Å²) in [5.74, 6) is 0.883. The Morgan fingerprint density at radius 3 is 2.26 bits per heavy atom. The van der Waals surface area contributed by atoms with E-state index < -0.39 is 5.60 Å². The van der Waals surface area contributed by atoms with Crippen molar-refractivity contribution >= 4 is 33.1 Å². The highest BCUT2D eigenvalue weighted by atomic mass is 79.9. The zero-order valence-electron chi connectivity index (χ0n) is 25.4. The number of imidazole rings is 1. The molecule has 2 aromatic rings. The molecule has 0 N–H and O–H groups in total. The van der Waals surface area contributed by atoms with E-state index in [9.17, 15) is 4.79 Å². The molecule has 6 nitrogen and oxygen atoms in total. The van der Waals surface area contributed by atoms with Crippen LogP contribution in [0.15, 0.2) is 22.7 Å². The second-order valence-corrected chi connectivity index (χ2v) is 14.3. The summed E-state index contributed by atoms with van der Waals surface area (Å²) in [6.07, 6.45) is 14.6.